The summed E-state index contributed by atoms with van der Waals surface area (Å²) in [4.78, 5) is 9.70. The molecule has 0 aromatic carbocycles. The molecule has 0 saturated carbocycles. The molecule has 0 bridgehead atoms. The van der Waals surface area contributed by atoms with E-state index >= 15 is 0 Å². The number of hydrogen-bond acceptors (Lipinski definition) is 4. The van der Waals surface area contributed by atoms with E-state index in [2.05, 4.69) is 54.2 Å². The van der Waals surface area contributed by atoms with E-state index in [1.807, 2.05) is 0 Å². The molecule has 112 valence electrons. The summed E-state index contributed by atoms with van der Waals surface area (Å²) in [5.74, 6) is 1.13. The fourth-order valence-corrected chi connectivity index (χ4v) is 2.73. The van der Waals surface area contributed by atoms with E-state index in [4.69, 9.17) is 4.98 Å². The Hall–Kier alpha value is -1.13. The van der Waals surface area contributed by atoms with Gasteiger partial charge in [0.15, 0.2) is 0 Å². The summed E-state index contributed by atoms with van der Waals surface area (Å²) < 4.78 is 0. The van der Waals surface area contributed by atoms with Crippen molar-refractivity contribution in [3.8, 4) is 0 Å². The lowest BCUT2D eigenvalue weighted by Crippen LogP contribution is -2.51. The third-order valence-electron chi connectivity index (χ3n) is 4.10. The first-order chi connectivity index (χ1) is 9.74. The lowest BCUT2D eigenvalue weighted by atomic mass is 10.1. The Balaban J connectivity index is 1.99. The number of nitrogens with zero attached hydrogens (tertiary/aromatic N) is 3. The van der Waals surface area contributed by atoms with Gasteiger partial charge in [0, 0.05) is 32.2 Å². The van der Waals surface area contributed by atoms with Gasteiger partial charge in [-0.25, -0.2) is 4.98 Å². The van der Waals surface area contributed by atoms with Gasteiger partial charge in [-0.1, -0.05) is 19.9 Å². The number of likely N-dealkylation sites (N-methyl/N-ethyl adjacent to an activating group) is 1. The zero-order valence-corrected chi connectivity index (χ0v) is 13.1. The van der Waals surface area contributed by atoms with Gasteiger partial charge < -0.3 is 10.2 Å². The summed E-state index contributed by atoms with van der Waals surface area (Å²) in [6.07, 6.45) is 2.36. The number of pyridine rings is 1. The summed E-state index contributed by atoms with van der Waals surface area (Å²) >= 11 is 0. The molecule has 20 heavy (non-hydrogen) atoms. The van der Waals surface area contributed by atoms with Gasteiger partial charge in [0.25, 0.3) is 0 Å². The van der Waals surface area contributed by atoms with E-state index in [0.717, 1.165) is 50.7 Å². The highest BCUT2D eigenvalue weighted by atomic mass is 15.3. The molecule has 0 radical (unpaired) electrons. The second-order valence-electron chi connectivity index (χ2n) is 5.65. The summed E-state index contributed by atoms with van der Waals surface area (Å²) in [7, 11) is 2.23. The molecular weight excluding hydrogens is 248 g/mol. The molecule has 2 heterocycles. The lowest BCUT2D eigenvalue weighted by molar-refractivity contribution is 0.213. The molecule has 1 aromatic heterocycles. The number of anilines is 1. The van der Waals surface area contributed by atoms with Gasteiger partial charge in [-0.3, -0.25) is 4.90 Å². The van der Waals surface area contributed by atoms with Crippen molar-refractivity contribution in [2.24, 2.45) is 0 Å². The molecule has 1 saturated heterocycles. The van der Waals surface area contributed by atoms with Gasteiger partial charge in [0.05, 0.1) is 5.69 Å². The molecule has 1 unspecified atom stereocenters. The van der Waals surface area contributed by atoms with E-state index in [1.54, 1.807) is 0 Å². The van der Waals surface area contributed by atoms with Crippen molar-refractivity contribution in [1.82, 2.24) is 15.2 Å². The van der Waals surface area contributed by atoms with Crippen LogP contribution in [-0.4, -0.2) is 49.2 Å². The zero-order chi connectivity index (χ0) is 14.4. The van der Waals surface area contributed by atoms with Crippen molar-refractivity contribution in [1.29, 1.82) is 0 Å². The number of hydrogen-bond donors (Lipinski definition) is 1. The first-order valence-corrected chi connectivity index (χ1v) is 7.86. The van der Waals surface area contributed by atoms with Gasteiger partial charge >= 0.3 is 0 Å². The van der Waals surface area contributed by atoms with Gasteiger partial charge in [-0.05, 0) is 38.6 Å². The standard InChI is InChI=1S/C16H28N4/c1-4-9-17-12-14-7-6-8-16(18-14)20-11-10-19(3)15(5-2)13-20/h6-8,15,17H,4-5,9-13H2,1-3H3. The molecule has 1 aromatic rings. The van der Waals surface area contributed by atoms with Crippen LogP contribution >= 0.6 is 0 Å². The Kier molecular flexibility index (Phi) is 5.80. The number of piperazine rings is 1. The number of aromatic nitrogens is 1. The average molecular weight is 276 g/mol. The van der Waals surface area contributed by atoms with Crippen LogP contribution in [0.3, 0.4) is 0 Å². The highest BCUT2D eigenvalue weighted by Crippen LogP contribution is 2.18. The number of rotatable bonds is 6. The SMILES string of the molecule is CCCNCc1cccc(N2CCN(C)C(CC)C2)n1. The minimum atomic E-state index is 0.646. The Bertz CT molecular complexity index is 407. The zero-order valence-electron chi connectivity index (χ0n) is 13.1. The van der Waals surface area contributed by atoms with Crippen LogP contribution in [0.1, 0.15) is 32.4 Å². The van der Waals surface area contributed by atoms with Crippen molar-refractivity contribution >= 4 is 5.82 Å². The second kappa shape index (κ2) is 7.60. The molecule has 2 rings (SSSR count). The van der Waals surface area contributed by atoms with E-state index in [-0.39, 0.29) is 0 Å². The van der Waals surface area contributed by atoms with Crippen LogP contribution in [0.2, 0.25) is 0 Å². The fourth-order valence-electron chi connectivity index (χ4n) is 2.73. The van der Waals surface area contributed by atoms with Crippen LogP contribution in [-0.2, 0) is 6.54 Å². The first kappa shape index (κ1) is 15.3. The van der Waals surface area contributed by atoms with Gasteiger partial charge in [0.2, 0.25) is 0 Å². The van der Waals surface area contributed by atoms with Crippen LogP contribution in [0.5, 0.6) is 0 Å². The molecule has 1 aliphatic rings. The van der Waals surface area contributed by atoms with Crippen molar-refractivity contribution in [2.75, 3.05) is 38.1 Å². The van der Waals surface area contributed by atoms with E-state index in [9.17, 15) is 0 Å². The Morgan fingerprint density at radius 1 is 1.30 bits per heavy atom. The van der Waals surface area contributed by atoms with Crippen LogP contribution < -0.4 is 10.2 Å². The summed E-state index contributed by atoms with van der Waals surface area (Å²) in [5.41, 5.74) is 1.14. The Morgan fingerprint density at radius 2 is 2.15 bits per heavy atom. The van der Waals surface area contributed by atoms with Gasteiger partial charge in [-0.15, -0.1) is 0 Å². The topological polar surface area (TPSA) is 31.4 Å². The highest BCUT2D eigenvalue weighted by molar-refractivity contribution is 5.40. The molecule has 0 aliphatic carbocycles. The summed E-state index contributed by atoms with van der Waals surface area (Å²) in [6, 6.07) is 7.03. The largest absolute Gasteiger partial charge is 0.354 e. The second-order valence-corrected chi connectivity index (χ2v) is 5.65. The van der Waals surface area contributed by atoms with Gasteiger partial charge in [0.1, 0.15) is 5.82 Å². The van der Waals surface area contributed by atoms with Crippen LogP contribution in [0, 0.1) is 0 Å². The van der Waals surface area contributed by atoms with Gasteiger partial charge in [-0.2, -0.15) is 0 Å². The van der Waals surface area contributed by atoms with E-state index in [0.29, 0.717) is 6.04 Å². The molecule has 0 spiro atoms. The normalized spacial score (nSPS) is 20.4. The average Bonchev–Trinajstić information content (AvgIpc) is 2.48. The van der Waals surface area contributed by atoms with Crippen molar-refractivity contribution in [2.45, 2.75) is 39.3 Å². The molecule has 4 nitrogen and oxygen atoms in total. The Labute approximate surface area is 123 Å². The number of nitrogens with one attached hydrogen (secondary N) is 1. The van der Waals surface area contributed by atoms with Crippen LogP contribution in [0.4, 0.5) is 5.82 Å². The van der Waals surface area contributed by atoms with Crippen molar-refractivity contribution in [3.05, 3.63) is 23.9 Å². The predicted octanol–water partition coefficient (Wildman–Crippen LogP) is 2.11. The molecule has 0 amide bonds. The molecule has 4 heteroatoms. The fraction of sp³-hybridized carbons (Fsp3) is 0.688. The first-order valence-electron chi connectivity index (χ1n) is 7.86. The molecule has 1 aliphatic heterocycles. The lowest BCUT2D eigenvalue weighted by Gasteiger charge is -2.39. The summed E-state index contributed by atoms with van der Waals surface area (Å²) in [5, 5.41) is 3.42. The minimum Gasteiger partial charge on any atom is -0.354 e. The van der Waals surface area contributed by atoms with Crippen LogP contribution in [0.15, 0.2) is 18.2 Å². The third-order valence-corrected chi connectivity index (χ3v) is 4.10. The Morgan fingerprint density at radius 3 is 2.90 bits per heavy atom. The smallest absolute Gasteiger partial charge is 0.128 e. The quantitative estimate of drug-likeness (QED) is 0.806. The minimum absolute atomic E-state index is 0.646. The van der Waals surface area contributed by atoms with E-state index < -0.39 is 0 Å². The van der Waals surface area contributed by atoms with Crippen molar-refractivity contribution in [3.63, 3.8) is 0 Å². The maximum atomic E-state index is 4.81. The van der Waals surface area contributed by atoms with Crippen molar-refractivity contribution < 1.29 is 0 Å². The molecule has 1 atom stereocenters. The maximum absolute atomic E-state index is 4.81. The van der Waals surface area contributed by atoms with E-state index in [1.165, 1.54) is 6.42 Å². The molecular formula is C16H28N4. The third kappa shape index (κ3) is 3.93. The predicted molar refractivity (Wildman–Crippen MR) is 85.2 cm³/mol. The highest BCUT2D eigenvalue weighted by Gasteiger charge is 2.23. The maximum Gasteiger partial charge on any atom is 0.128 e. The van der Waals surface area contributed by atoms with Crippen LogP contribution in [0.25, 0.3) is 0 Å². The molecule has 1 N–H and O–H groups in total. The summed E-state index contributed by atoms with van der Waals surface area (Å²) in [6.45, 7) is 9.66. The molecule has 1 fully saturated rings. The monoisotopic (exact) mass is 276 g/mol.